The monoisotopic (exact) mass is 288 g/mol. The highest BCUT2D eigenvalue weighted by Crippen LogP contribution is 2.22. The number of halogens is 1. The zero-order valence-corrected chi connectivity index (χ0v) is 11.8. The molecule has 0 saturated heterocycles. The van der Waals surface area contributed by atoms with Crippen molar-refractivity contribution in [3.8, 4) is 0 Å². The van der Waals surface area contributed by atoms with Crippen LogP contribution in [0.2, 0.25) is 0 Å². The molecule has 0 bridgehead atoms. The van der Waals surface area contributed by atoms with Gasteiger partial charge in [0.2, 0.25) is 0 Å². The molecular formula is C11H13ClN2O3S. The molecule has 0 fully saturated rings. The van der Waals surface area contributed by atoms with Crippen molar-refractivity contribution in [3.05, 3.63) is 34.8 Å². The largest absolute Gasteiger partial charge is 0.361 e. The van der Waals surface area contributed by atoms with Gasteiger partial charge in [0.15, 0.2) is 5.03 Å². The van der Waals surface area contributed by atoms with Gasteiger partial charge in [0.25, 0.3) is 9.05 Å². The molecule has 98 valence electrons. The van der Waals surface area contributed by atoms with Gasteiger partial charge in [0, 0.05) is 35.4 Å². The topological polar surface area (TPSA) is 65.1 Å². The zero-order valence-electron chi connectivity index (χ0n) is 10.3. The van der Waals surface area contributed by atoms with Gasteiger partial charge in [-0.1, -0.05) is 5.16 Å². The molecule has 0 amide bonds. The van der Waals surface area contributed by atoms with Crippen molar-refractivity contribution in [2.45, 2.75) is 25.3 Å². The fourth-order valence-corrected chi connectivity index (χ4v) is 3.03. The summed E-state index contributed by atoms with van der Waals surface area (Å²) >= 11 is 0. The highest BCUT2D eigenvalue weighted by atomic mass is 35.7. The van der Waals surface area contributed by atoms with Crippen molar-refractivity contribution in [1.82, 2.24) is 9.72 Å². The minimum atomic E-state index is -3.72. The molecule has 0 aliphatic rings. The Morgan fingerprint density at radius 3 is 2.50 bits per heavy atom. The van der Waals surface area contributed by atoms with Crippen molar-refractivity contribution in [1.29, 1.82) is 0 Å². The first kappa shape index (κ1) is 13.2. The summed E-state index contributed by atoms with van der Waals surface area (Å²) in [6.45, 7) is 3.69. The Morgan fingerprint density at radius 1 is 1.39 bits per heavy atom. The van der Waals surface area contributed by atoms with E-state index in [4.69, 9.17) is 15.2 Å². The van der Waals surface area contributed by atoms with Crippen LogP contribution in [0.4, 0.5) is 0 Å². The lowest BCUT2D eigenvalue weighted by atomic mass is 10.1. The third-order valence-corrected chi connectivity index (χ3v) is 4.35. The third kappa shape index (κ3) is 2.30. The first-order valence-corrected chi connectivity index (χ1v) is 7.62. The molecule has 7 heteroatoms. The summed E-state index contributed by atoms with van der Waals surface area (Å²) in [6, 6.07) is 3.23. The summed E-state index contributed by atoms with van der Waals surface area (Å²) in [4.78, 5) is 0. The molecule has 0 atom stereocenters. The van der Waals surface area contributed by atoms with Crippen molar-refractivity contribution >= 4 is 19.7 Å². The fraction of sp³-hybridized carbons (Fsp3) is 0.364. The number of rotatable bonds is 3. The van der Waals surface area contributed by atoms with Crippen LogP contribution in [-0.4, -0.2) is 18.1 Å². The van der Waals surface area contributed by atoms with E-state index in [1.807, 2.05) is 13.8 Å². The predicted molar refractivity (Wildman–Crippen MR) is 67.2 cm³/mol. The number of hydrogen-bond acceptors (Lipinski definition) is 4. The standard InChI is InChI=1S/C11H13ClN2O3S/c1-7-10(8(2)17-13-7)6-9-4-5-11(14(9)3)18(12,15)16/h4-5H,6H2,1-3H3. The average Bonchev–Trinajstić information content (AvgIpc) is 2.76. The van der Waals surface area contributed by atoms with Crippen molar-refractivity contribution in [3.63, 3.8) is 0 Å². The molecular weight excluding hydrogens is 276 g/mol. The van der Waals surface area contributed by atoms with Gasteiger partial charge in [-0.2, -0.15) is 0 Å². The number of nitrogens with zero attached hydrogens (tertiary/aromatic N) is 2. The summed E-state index contributed by atoms with van der Waals surface area (Å²) in [5, 5.41) is 3.96. The van der Waals surface area contributed by atoms with Gasteiger partial charge in [-0.25, -0.2) is 8.42 Å². The lowest BCUT2D eigenvalue weighted by molar-refractivity contribution is 0.392. The molecule has 0 saturated carbocycles. The maximum Gasteiger partial charge on any atom is 0.276 e. The molecule has 0 N–H and O–H groups in total. The van der Waals surface area contributed by atoms with E-state index in [1.165, 1.54) is 6.07 Å². The van der Waals surface area contributed by atoms with Crippen LogP contribution < -0.4 is 0 Å². The summed E-state index contributed by atoms with van der Waals surface area (Å²) in [5.41, 5.74) is 2.61. The highest BCUT2D eigenvalue weighted by Gasteiger charge is 2.18. The molecule has 18 heavy (non-hydrogen) atoms. The van der Waals surface area contributed by atoms with E-state index in [1.54, 1.807) is 17.7 Å². The van der Waals surface area contributed by atoms with Crippen LogP contribution in [0.3, 0.4) is 0 Å². The summed E-state index contributed by atoms with van der Waals surface area (Å²) in [7, 11) is 3.30. The van der Waals surface area contributed by atoms with Crippen LogP contribution in [0, 0.1) is 13.8 Å². The SMILES string of the molecule is Cc1noc(C)c1Cc1ccc(S(=O)(=O)Cl)n1C. The first-order chi connectivity index (χ1) is 8.30. The van der Waals surface area contributed by atoms with Crippen molar-refractivity contribution in [2.24, 2.45) is 7.05 Å². The molecule has 2 aromatic heterocycles. The summed E-state index contributed by atoms with van der Waals surface area (Å²) in [6.07, 6.45) is 0.560. The molecule has 0 aromatic carbocycles. The minimum Gasteiger partial charge on any atom is -0.361 e. The number of aryl methyl sites for hydroxylation is 2. The lowest BCUT2D eigenvalue weighted by Crippen LogP contribution is -2.04. The van der Waals surface area contributed by atoms with Gasteiger partial charge in [-0.3, -0.25) is 0 Å². The Morgan fingerprint density at radius 2 is 2.06 bits per heavy atom. The van der Waals surface area contributed by atoms with Gasteiger partial charge in [0.05, 0.1) is 5.69 Å². The van der Waals surface area contributed by atoms with Crippen LogP contribution >= 0.6 is 10.7 Å². The van der Waals surface area contributed by atoms with Crippen molar-refractivity contribution in [2.75, 3.05) is 0 Å². The van der Waals surface area contributed by atoms with Gasteiger partial charge >= 0.3 is 0 Å². The van der Waals surface area contributed by atoms with Crippen LogP contribution in [0.5, 0.6) is 0 Å². The Labute approximate surface area is 110 Å². The lowest BCUT2D eigenvalue weighted by Gasteiger charge is -2.05. The second-order valence-electron chi connectivity index (χ2n) is 4.14. The van der Waals surface area contributed by atoms with Crippen LogP contribution in [0.1, 0.15) is 22.7 Å². The second-order valence-corrected chi connectivity index (χ2v) is 6.65. The molecule has 2 rings (SSSR count). The van der Waals surface area contributed by atoms with Crippen LogP contribution in [0.25, 0.3) is 0 Å². The average molecular weight is 289 g/mol. The molecule has 0 aliphatic heterocycles. The van der Waals surface area contributed by atoms with Gasteiger partial charge in [-0.15, -0.1) is 0 Å². The molecule has 0 aliphatic carbocycles. The van der Waals surface area contributed by atoms with E-state index in [-0.39, 0.29) is 5.03 Å². The maximum atomic E-state index is 11.3. The number of hydrogen-bond donors (Lipinski definition) is 0. The molecule has 0 spiro atoms. The van der Waals surface area contributed by atoms with E-state index in [0.717, 1.165) is 22.7 Å². The molecule has 2 aromatic rings. The van der Waals surface area contributed by atoms with E-state index in [0.29, 0.717) is 6.42 Å². The van der Waals surface area contributed by atoms with Crippen LogP contribution in [0.15, 0.2) is 21.7 Å². The second kappa shape index (κ2) is 4.44. The van der Waals surface area contributed by atoms with Crippen LogP contribution in [-0.2, 0) is 22.5 Å². The van der Waals surface area contributed by atoms with E-state index in [2.05, 4.69) is 5.16 Å². The van der Waals surface area contributed by atoms with E-state index >= 15 is 0 Å². The van der Waals surface area contributed by atoms with E-state index in [9.17, 15) is 8.42 Å². The van der Waals surface area contributed by atoms with Crippen molar-refractivity contribution < 1.29 is 12.9 Å². The Bertz CT molecular complexity index is 666. The predicted octanol–water partition coefficient (Wildman–Crippen LogP) is 2.15. The van der Waals surface area contributed by atoms with Gasteiger partial charge in [0.1, 0.15) is 5.76 Å². The molecule has 0 radical (unpaired) electrons. The Balaban J connectivity index is 2.41. The quantitative estimate of drug-likeness (QED) is 0.812. The highest BCUT2D eigenvalue weighted by molar-refractivity contribution is 8.13. The van der Waals surface area contributed by atoms with Gasteiger partial charge in [-0.05, 0) is 26.0 Å². The third-order valence-electron chi connectivity index (χ3n) is 2.97. The smallest absolute Gasteiger partial charge is 0.276 e. The molecule has 0 unspecified atom stereocenters. The fourth-order valence-electron chi connectivity index (χ4n) is 1.89. The normalized spacial score (nSPS) is 12.0. The molecule has 2 heterocycles. The molecule has 5 nitrogen and oxygen atoms in total. The minimum absolute atomic E-state index is 0.0888. The number of aromatic nitrogens is 2. The summed E-state index contributed by atoms with van der Waals surface area (Å²) in [5.74, 6) is 0.740. The van der Waals surface area contributed by atoms with E-state index < -0.39 is 9.05 Å². The van der Waals surface area contributed by atoms with Gasteiger partial charge < -0.3 is 9.09 Å². The Hall–Kier alpha value is -1.27. The summed E-state index contributed by atoms with van der Waals surface area (Å²) < 4.78 is 29.3. The first-order valence-electron chi connectivity index (χ1n) is 5.31. The Kier molecular flexibility index (Phi) is 3.25. The zero-order chi connectivity index (χ0) is 13.5. The maximum absolute atomic E-state index is 11.3.